The number of benzene rings is 1. The molecule has 1 heterocycles. The van der Waals surface area contributed by atoms with Gasteiger partial charge < -0.3 is 5.32 Å². The first-order valence-electron chi connectivity index (χ1n) is 5.15. The summed E-state index contributed by atoms with van der Waals surface area (Å²) in [7, 11) is 0. The molecule has 0 amide bonds. The smallest absolute Gasteiger partial charge is 0.0991 e. The van der Waals surface area contributed by atoms with E-state index in [1.807, 2.05) is 24.3 Å². The van der Waals surface area contributed by atoms with Crippen LogP contribution in [0.3, 0.4) is 0 Å². The van der Waals surface area contributed by atoms with Gasteiger partial charge in [0.2, 0.25) is 0 Å². The van der Waals surface area contributed by atoms with Gasteiger partial charge in [0.15, 0.2) is 0 Å². The Morgan fingerprint density at radius 3 is 2.73 bits per heavy atom. The standard InChI is InChI=1S/C12H13N3/c13-8-10-3-5-11(6-4-10)9-15-12-2-1-7-14-12/h3-6H,1-2,7,9H2,(H,14,15). The summed E-state index contributed by atoms with van der Waals surface area (Å²) in [5.74, 6) is 1.11. The zero-order chi connectivity index (χ0) is 10.5. The molecule has 2 rings (SSSR count). The van der Waals surface area contributed by atoms with Gasteiger partial charge in [0, 0.05) is 19.5 Å². The van der Waals surface area contributed by atoms with Crippen molar-refractivity contribution in [1.82, 2.24) is 5.32 Å². The van der Waals surface area contributed by atoms with E-state index in [9.17, 15) is 0 Å². The van der Waals surface area contributed by atoms with Crippen LogP contribution < -0.4 is 5.32 Å². The lowest BCUT2D eigenvalue weighted by molar-refractivity contribution is 0.888. The fourth-order valence-corrected chi connectivity index (χ4v) is 1.59. The zero-order valence-electron chi connectivity index (χ0n) is 8.53. The molecule has 0 unspecified atom stereocenters. The van der Waals surface area contributed by atoms with Crippen molar-refractivity contribution in [3.8, 4) is 6.07 Å². The molecule has 0 saturated heterocycles. The van der Waals surface area contributed by atoms with E-state index in [2.05, 4.69) is 16.4 Å². The van der Waals surface area contributed by atoms with Gasteiger partial charge in [-0.1, -0.05) is 12.1 Å². The first-order chi connectivity index (χ1) is 7.38. The number of hydrogen-bond donors (Lipinski definition) is 1. The van der Waals surface area contributed by atoms with Gasteiger partial charge in [0.05, 0.1) is 17.5 Å². The summed E-state index contributed by atoms with van der Waals surface area (Å²) in [5.41, 5.74) is 1.89. The minimum absolute atomic E-state index is 0.706. The average Bonchev–Trinajstić information content (AvgIpc) is 2.80. The van der Waals surface area contributed by atoms with Crippen molar-refractivity contribution in [3.63, 3.8) is 0 Å². The monoisotopic (exact) mass is 199 g/mol. The molecule has 15 heavy (non-hydrogen) atoms. The Morgan fingerprint density at radius 1 is 1.33 bits per heavy atom. The van der Waals surface area contributed by atoms with E-state index in [1.54, 1.807) is 0 Å². The molecule has 1 aromatic rings. The zero-order valence-corrected chi connectivity index (χ0v) is 8.53. The fraction of sp³-hybridized carbons (Fsp3) is 0.333. The van der Waals surface area contributed by atoms with Gasteiger partial charge in [0.1, 0.15) is 0 Å². The second-order valence-corrected chi connectivity index (χ2v) is 3.59. The Bertz CT molecular complexity index is 398. The maximum atomic E-state index is 8.65. The molecule has 0 saturated carbocycles. The Balaban J connectivity index is 1.91. The minimum Gasteiger partial charge on any atom is -0.370 e. The Labute approximate surface area is 89.5 Å². The lowest BCUT2D eigenvalue weighted by atomic mass is 10.1. The van der Waals surface area contributed by atoms with Crippen LogP contribution in [0.1, 0.15) is 24.0 Å². The van der Waals surface area contributed by atoms with Gasteiger partial charge in [-0.3, -0.25) is 4.99 Å². The van der Waals surface area contributed by atoms with E-state index in [-0.39, 0.29) is 0 Å². The molecule has 76 valence electrons. The predicted molar refractivity (Wildman–Crippen MR) is 59.5 cm³/mol. The number of nitrogens with one attached hydrogen (secondary N) is 1. The van der Waals surface area contributed by atoms with Crippen LogP contribution in [-0.4, -0.2) is 12.4 Å². The van der Waals surface area contributed by atoms with E-state index in [0.29, 0.717) is 5.56 Å². The van der Waals surface area contributed by atoms with Crippen molar-refractivity contribution in [2.45, 2.75) is 19.4 Å². The van der Waals surface area contributed by atoms with Crippen LogP contribution in [0, 0.1) is 11.3 Å². The second-order valence-electron chi connectivity index (χ2n) is 3.59. The summed E-state index contributed by atoms with van der Waals surface area (Å²) < 4.78 is 0. The SMILES string of the molecule is N#Cc1ccc(CNC2=NCCC2)cc1. The van der Waals surface area contributed by atoms with Gasteiger partial charge in [-0.25, -0.2) is 0 Å². The Morgan fingerprint density at radius 2 is 2.13 bits per heavy atom. The third kappa shape index (κ3) is 2.57. The fourth-order valence-electron chi connectivity index (χ4n) is 1.59. The Hall–Kier alpha value is -1.82. The lowest BCUT2D eigenvalue weighted by Gasteiger charge is -2.05. The summed E-state index contributed by atoms with van der Waals surface area (Å²) in [6.07, 6.45) is 2.23. The normalized spacial score (nSPS) is 14.5. The van der Waals surface area contributed by atoms with Crippen LogP contribution in [0.4, 0.5) is 0 Å². The molecule has 1 aromatic carbocycles. The maximum Gasteiger partial charge on any atom is 0.0991 e. The number of amidine groups is 1. The number of rotatable bonds is 2. The van der Waals surface area contributed by atoms with Crippen LogP contribution in [0.25, 0.3) is 0 Å². The summed E-state index contributed by atoms with van der Waals surface area (Å²) in [5, 5.41) is 11.9. The Kier molecular flexibility index (Phi) is 2.99. The summed E-state index contributed by atoms with van der Waals surface area (Å²) >= 11 is 0. The molecular weight excluding hydrogens is 186 g/mol. The van der Waals surface area contributed by atoms with Gasteiger partial charge in [-0.15, -0.1) is 0 Å². The molecule has 1 aliphatic heterocycles. The summed E-state index contributed by atoms with van der Waals surface area (Å²) in [6, 6.07) is 9.74. The molecule has 1 N–H and O–H groups in total. The highest BCUT2D eigenvalue weighted by Gasteiger charge is 2.04. The van der Waals surface area contributed by atoms with Crippen molar-refractivity contribution in [3.05, 3.63) is 35.4 Å². The van der Waals surface area contributed by atoms with Crippen molar-refractivity contribution < 1.29 is 0 Å². The molecule has 0 aliphatic carbocycles. The molecule has 0 bridgehead atoms. The molecule has 3 heteroatoms. The molecule has 0 fully saturated rings. The third-order valence-electron chi connectivity index (χ3n) is 2.45. The number of nitrogens with zero attached hydrogens (tertiary/aromatic N) is 2. The predicted octanol–water partition coefficient (Wildman–Crippen LogP) is 1.84. The van der Waals surface area contributed by atoms with Crippen molar-refractivity contribution in [2.24, 2.45) is 4.99 Å². The van der Waals surface area contributed by atoms with Gasteiger partial charge in [-0.2, -0.15) is 5.26 Å². The van der Waals surface area contributed by atoms with Crippen molar-refractivity contribution >= 4 is 5.84 Å². The van der Waals surface area contributed by atoms with Crippen LogP contribution in [0.5, 0.6) is 0 Å². The number of aliphatic imine (C=N–C) groups is 1. The van der Waals surface area contributed by atoms with E-state index in [1.165, 1.54) is 5.56 Å². The van der Waals surface area contributed by atoms with Gasteiger partial charge in [-0.05, 0) is 24.1 Å². The van der Waals surface area contributed by atoms with E-state index < -0.39 is 0 Å². The third-order valence-corrected chi connectivity index (χ3v) is 2.45. The molecule has 0 atom stereocenters. The number of hydrogen-bond acceptors (Lipinski definition) is 3. The van der Waals surface area contributed by atoms with E-state index >= 15 is 0 Å². The van der Waals surface area contributed by atoms with Gasteiger partial charge in [0.25, 0.3) is 0 Å². The molecule has 3 nitrogen and oxygen atoms in total. The van der Waals surface area contributed by atoms with E-state index in [0.717, 1.165) is 31.8 Å². The molecular formula is C12H13N3. The average molecular weight is 199 g/mol. The van der Waals surface area contributed by atoms with E-state index in [4.69, 9.17) is 5.26 Å². The molecule has 1 aliphatic rings. The van der Waals surface area contributed by atoms with Crippen molar-refractivity contribution in [1.29, 1.82) is 5.26 Å². The number of nitriles is 1. The van der Waals surface area contributed by atoms with Crippen LogP contribution in [-0.2, 0) is 6.54 Å². The molecule has 0 spiro atoms. The summed E-state index contributed by atoms with van der Waals surface area (Å²) in [6.45, 7) is 1.75. The minimum atomic E-state index is 0.706. The van der Waals surface area contributed by atoms with Crippen LogP contribution in [0.2, 0.25) is 0 Å². The largest absolute Gasteiger partial charge is 0.370 e. The lowest BCUT2D eigenvalue weighted by Crippen LogP contribution is -2.20. The topological polar surface area (TPSA) is 48.2 Å². The van der Waals surface area contributed by atoms with Crippen LogP contribution >= 0.6 is 0 Å². The first-order valence-corrected chi connectivity index (χ1v) is 5.15. The highest BCUT2D eigenvalue weighted by Crippen LogP contribution is 2.05. The second kappa shape index (κ2) is 4.61. The first kappa shape index (κ1) is 9.72. The highest BCUT2D eigenvalue weighted by molar-refractivity contribution is 5.83. The quantitative estimate of drug-likeness (QED) is 0.790. The highest BCUT2D eigenvalue weighted by atomic mass is 15.0. The van der Waals surface area contributed by atoms with Gasteiger partial charge >= 0.3 is 0 Å². The maximum absolute atomic E-state index is 8.65. The molecule has 0 aromatic heterocycles. The molecule has 0 radical (unpaired) electrons. The van der Waals surface area contributed by atoms with Crippen molar-refractivity contribution in [2.75, 3.05) is 6.54 Å². The van der Waals surface area contributed by atoms with Crippen LogP contribution in [0.15, 0.2) is 29.3 Å². The summed E-state index contributed by atoms with van der Waals surface area (Å²) in [4.78, 5) is 4.34.